The maximum atomic E-state index is 10.9. The molecular weight excluding hydrogens is 164 g/mol. The molecule has 0 amide bonds. The van der Waals surface area contributed by atoms with Crippen LogP contribution in [0.15, 0.2) is 12.4 Å². The molecule has 1 rings (SSSR count). The van der Waals surface area contributed by atoms with E-state index in [1.54, 1.807) is 7.05 Å². The fraction of sp³-hybridized carbons (Fsp3) is 0.200. The molecule has 0 N–H and O–H groups in total. The van der Waals surface area contributed by atoms with Crippen molar-refractivity contribution < 1.29 is 9.66 Å². The van der Waals surface area contributed by atoms with Crippen molar-refractivity contribution in [2.75, 3.05) is 0 Å². The minimum Gasteiger partial charge on any atom is -0.705 e. The number of nitro groups is 1. The van der Waals surface area contributed by atoms with E-state index in [1.807, 2.05) is 0 Å². The van der Waals surface area contributed by atoms with Gasteiger partial charge in [0.2, 0.25) is 0 Å². The van der Waals surface area contributed by atoms with Crippen LogP contribution in [0.25, 0.3) is 0 Å². The summed E-state index contributed by atoms with van der Waals surface area (Å²) in [6.07, 6.45) is 3.21. The highest BCUT2D eigenvalue weighted by molar-refractivity contribution is 5.39. The molecule has 0 aliphatic rings. The third-order valence-electron chi connectivity index (χ3n) is 1.19. The molecule has 0 bridgehead atoms. The van der Waals surface area contributed by atoms with Gasteiger partial charge in [0, 0.05) is 0 Å². The van der Waals surface area contributed by atoms with Crippen LogP contribution in [0, 0.1) is 15.3 Å². The van der Waals surface area contributed by atoms with Crippen molar-refractivity contribution in [3.8, 4) is 0 Å². The summed E-state index contributed by atoms with van der Waals surface area (Å²) in [5, 5.41) is 20.8. The Labute approximate surface area is 67.3 Å². The Bertz CT molecular complexity index is 329. The average molecular weight is 170 g/mol. The molecule has 1 aromatic heterocycles. The van der Waals surface area contributed by atoms with Crippen LogP contribution in [-0.4, -0.2) is 25.6 Å². The van der Waals surface area contributed by atoms with Crippen molar-refractivity contribution in [2.24, 2.45) is 7.05 Å². The maximum absolute atomic E-state index is 10.9. The lowest BCUT2D eigenvalue weighted by Crippen LogP contribution is -2.09. The van der Waals surface area contributed by atoms with Crippen LogP contribution < -0.4 is 0 Å². The van der Waals surface area contributed by atoms with Crippen LogP contribution >= 0.6 is 0 Å². The summed E-state index contributed by atoms with van der Waals surface area (Å²) in [5.74, 6) is -0.0216. The lowest BCUT2D eigenvalue weighted by Gasteiger charge is -1.99. The Balaban J connectivity index is 2.99. The molecular formula is C5H6N4O3. The predicted octanol–water partition coefficient (Wildman–Crippen LogP) is -0.133. The van der Waals surface area contributed by atoms with Crippen molar-refractivity contribution in [3.05, 3.63) is 27.7 Å². The first-order chi connectivity index (χ1) is 5.61. The second kappa shape index (κ2) is 2.99. The summed E-state index contributed by atoms with van der Waals surface area (Å²) in [6, 6.07) is 0. The van der Waals surface area contributed by atoms with E-state index < -0.39 is 4.92 Å². The smallest absolute Gasteiger partial charge is 0.496 e. The van der Waals surface area contributed by atoms with Crippen molar-refractivity contribution in [3.63, 3.8) is 0 Å². The second-order valence-electron chi connectivity index (χ2n) is 2.06. The molecule has 64 valence electrons. The van der Waals surface area contributed by atoms with E-state index in [4.69, 9.17) is 0 Å². The van der Waals surface area contributed by atoms with Gasteiger partial charge in [0.15, 0.2) is 6.20 Å². The lowest BCUT2D eigenvalue weighted by molar-refractivity contribution is -0.459. The van der Waals surface area contributed by atoms with Crippen molar-refractivity contribution >= 4 is 12.3 Å². The molecule has 12 heavy (non-hydrogen) atoms. The first-order valence-corrected chi connectivity index (χ1v) is 3.03. The van der Waals surface area contributed by atoms with Gasteiger partial charge in [0.25, 0.3) is 6.34 Å². The Kier molecular flexibility index (Phi) is 2.04. The quantitative estimate of drug-likeness (QED) is 0.154. The Hall–Kier alpha value is -1.92. The van der Waals surface area contributed by atoms with Gasteiger partial charge in [-0.1, -0.05) is 0 Å². The maximum Gasteiger partial charge on any atom is 0.496 e. The molecule has 0 saturated carbocycles. The van der Waals surface area contributed by atoms with Crippen LogP contribution in [0.5, 0.6) is 0 Å². The van der Waals surface area contributed by atoms with Gasteiger partial charge in [-0.3, -0.25) is 0 Å². The number of aryl methyl sites for hydroxylation is 1. The average Bonchev–Trinajstić information content (AvgIpc) is 2.33. The zero-order valence-electron chi connectivity index (χ0n) is 6.25. The number of hydrogen-bond donors (Lipinski definition) is 0. The summed E-state index contributed by atoms with van der Waals surface area (Å²) < 4.78 is 1.48. The van der Waals surface area contributed by atoms with Crippen molar-refractivity contribution in [1.29, 1.82) is 0 Å². The Morgan fingerprint density at radius 1 is 1.67 bits per heavy atom. The number of nitrogens with zero attached hydrogens (tertiary/aromatic N) is 4. The molecule has 0 unspecified atom stereocenters. The molecule has 7 heteroatoms. The third-order valence-corrected chi connectivity index (χ3v) is 1.19. The Morgan fingerprint density at radius 3 is 2.75 bits per heavy atom. The predicted molar refractivity (Wildman–Crippen MR) is 39.6 cm³/mol. The number of hydrogen-bond acceptors (Lipinski definition) is 4. The van der Waals surface area contributed by atoms with Gasteiger partial charge in [-0.15, -0.1) is 0 Å². The molecule has 7 nitrogen and oxygen atoms in total. The van der Waals surface area contributed by atoms with E-state index in [1.165, 1.54) is 17.0 Å². The van der Waals surface area contributed by atoms with E-state index in [0.29, 0.717) is 6.34 Å². The minimum absolute atomic E-state index is 0.0216. The topological polar surface area (TPSA) is 87.0 Å². The van der Waals surface area contributed by atoms with Gasteiger partial charge in [-0.25, -0.2) is 0 Å². The second-order valence-corrected chi connectivity index (χ2v) is 2.06. The fourth-order valence-corrected chi connectivity index (χ4v) is 0.707. The largest absolute Gasteiger partial charge is 0.705 e. The van der Waals surface area contributed by atoms with Crippen molar-refractivity contribution in [2.45, 2.75) is 0 Å². The van der Waals surface area contributed by atoms with Crippen LogP contribution in [-0.2, 0) is 7.05 Å². The summed E-state index contributed by atoms with van der Waals surface area (Å²) in [4.78, 5) is 12.7. The van der Waals surface area contributed by atoms with E-state index in [9.17, 15) is 15.3 Å². The lowest BCUT2D eigenvalue weighted by atomic mass is 10.9. The molecule has 0 aromatic carbocycles. The molecule has 0 aliphatic carbocycles. The number of imidazole rings is 1. The van der Waals surface area contributed by atoms with Gasteiger partial charge in [0.1, 0.15) is 6.20 Å². The monoisotopic (exact) mass is 170 g/mol. The number of aromatic nitrogens is 2. The van der Waals surface area contributed by atoms with Gasteiger partial charge >= 0.3 is 5.95 Å². The molecule has 0 aliphatic heterocycles. The molecule has 1 aromatic rings. The van der Waals surface area contributed by atoms with Gasteiger partial charge < -0.3 is 15.3 Å². The summed E-state index contributed by atoms with van der Waals surface area (Å²) in [6.45, 7) is 0. The highest BCUT2D eigenvalue weighted by Gasteiger charge is 2.13. The molecule has 0 fully saturated rings. The van der Waals surface area contributed by atoms with E-state index in [0.717, 1.165) is 0 Å². The SMILES string of the molecule is Cn1ccnc1/[N+]([O-])=C/[N+](=O)[O-]. The number of rotatable bonds is 2. The first-order valence-electron chi connectivity index (χ1n) is 3.03. The fourth-order valence-electron chi connectivity index (χ4n) is 0.707. The van der Waals surface area contributed by atoms with E-state index in [-0.39, 0.29) is 10.7 Å². The molecule has 0 atom stereocenters. The van der Waals surface area contributed by atoms with Gasteiger partial charge in [0.05, 0.1) is 7.05 Å². The first kappa shape index (κ1) is 8.18. The van der Waals surface area contributed by atoms with Crippen LogP contribution in [0.1, 0.15) is 0 Å². The summed E-state index contributed by atoms with van der Waals surface area (Å²) in [5.41, 5.74) is 0. The van der Waals surface area contributed by atoms with Crippen molar-refractivity contribution in [1.82, 2.24) is 9.55 Å². The van der Waals surface area contributed by atoms with Gasteiger partial charge in [-0.05, 0) is 9.91 Å². The zero-order valence-corrected chi connectivity index (χ0v) is 6.25. The molecule has 0 saturated heterocycles. The minimum atomic E-state index is -0.832. The summed E-state index contributed by atoms with van der Waals surface area (Å²) in [7, 11) is 1.57. The molecule has 1 heterocycles. The van der Waals surface area contributed by atoms with E-state index >= 15 is 0 Å². The third kappa shape index (κ3) is 1.57. The van der Waals surface area contributed by atoms with Crippen LogP contribution in [0.4, 0.5) is 5.95 Å². The van der Waals surface area contributed by atoms with Gasteiger partial charge in [-0.2, -0.15) is 9.31 Å². The summed E-state index contributed by atoms with van der Waals surface area (Å²) >= 11 is 0. The normalized spacial score (nSPS) is 11.6. The van der Waals surface area contributed by atoms with E-state index in [2.05, 4.69) is 4.98 Å². The van der Waals surface area contributed by atoms with Crippen LogP contribution in [0.3, 0.4) is 0 Å². The zero-order chi connectivity index (χ0) is 9.14. The molecule has 0 radical (unpaired) electrons. The molecule has 0 spiro atoms. The highest BCUT2D eigenvalue weighted by Crippen LogP contribution is 2.03. The Morgan fingerprint density at radius 2 is 2.33 bits per heavy atom. The highest BCUT2D eigenvalue weighted by atomic mass is 16.6. The van der Waals surface area contributed by atoms with Crippen LogP contribution in [0.2, 0.25) is 0 Å². The standard InChI is InChI=1S/C5H6N4O3/c1-7-3-2-6-5(7)8(10)4-9(11)12/h2-4H,1H3/b8-4-.